The van der Waals surface area contributed by atoms with E-state index in [2.05, 4.69) is 17.1 Å². The van der Waals surface area contributed by atoms with Crippen molar-refractivity contribution in [3.05, 3.63) is 23.8 Å². The van der Waals surface area contributed by atoms with E-state index in [0.29, 0.717) is 18.0 Å². The number of hydrogen-bond acceptors (Lipinski definition) is 4. The van der Waals surface area contributed by atoms with Crippen LogP contribution in [0.1, 0.15) is 38.2 Å². The lowest BCUT2D eigenvalue weighted by Crippen LogP contribution is -2.40. The molecule has 2 aliphatic rings. The van der Waals surface area contributed by atoms with Crippen LogP contribution in [0.3, 0.4) is 0 Å². The third-order valence-electron chi connectivity index (χ3n) is 5.60. The Kier molecular flexibility index (Phi) is 7.21. The summed E-state index contributed by atoms with van der Waals surface area (Å²) in [7, 11) is 1.63. The third-order valence-corrected chi connectivity index (χ3v) is 5.60. The van der Waals surface area contributed by atoms with Gasteiger partial charge in [0.25, 0.3) is 0 Å². The second-order valence-electron chi connectivity index (χ2n) is 7.44. The Morgan fingerprint density at radius 2 is 1.96 bits per heavy atom. The topological polar surface area (TPSA) is 66.3 Å². The number of fused-ring (bicyclic) bond motifs is 1. The first-order valence-corrected chi connectivity index (χ1v) is 10.2. The molecular formula is C21H33N3O3. The molecule has 1 saturated carbocycles. The Morgan fingerprint density at radius 3 is 2.59 bits per heavy atom. The van der Waals surface area contributed by atoms with Crippen molar-refractivity contribution in [1.29, 1.82) is 0 Å². The zero-order chi connectivity index (χ0) is 19.1. The van der Waals surface area contributed by atoms with E-state index in [-0.39, 0.29) is 13.2 Å². The fraction of sp³-hybridized carbons (Fsp3) is 0.667. The number of rotatable bonds is 7. The zero-order valence-electron chi connectivity index (χ0n) is 16.6. The lowest BCUT2D eigenvalue weighted by Gasteiger charge is -2.22. The summed E-state index contributed by atoms with van der Waals surface area (Å²) in [6.45, 7) is 6.11. The predicted octanol–water partition coefficient (Wildman–Crippen LogP) is 2.65. The van der Waals surface area contributed by atoms with Gasteiger partial charge in [-0.1, -0.05) is 18.9 Å². The maximum Gasteiger partial charge on any atom is 0.194 e. The summed E-state index contributed by atoms with van der Waals surface area (Å²) in [5.41, 5.74) is 1.08. The Hall–Kier alpha value is -1.95. The second-order valence-corrected chi connectivity index (χ2v) is 7.44. The maximum atomic E-state index is 8.93. The van der Waals surface area contributed by atoms with Crippen LogP contribution in [-0.2, 0) is 6.54 Å². The van der Waals surface area contributed by atoms with Gasteiger partial charge < -0.3 is 24.8 Å². The smallest absolute Gasteiger partial charge is 0.194 e. The molecule has 2 unspecified atom stereocenters. The highest BCUT2D eigenvalue weighted by molar-refractivity contribution is 5.80. The molecule has 1 aromatic carbocycles. The second kappa shape index (κ2) is 9.83. The molecule has 27 heavy (non-hydrogen) atoms. The minimum atomic E-state index is -0.0148. The Bertz CT molecular complexity index is 621. The summed E-state index contributed by atoms with van der Waals surface area (Å²) in [6, 6.07) is 5.85. The number of aliphatic imine (C=N–C) groups is 1. The van der Waals surface area contributed by atoms with Crippen molar-refractivity contribution in [3.8, 4) is 11.5 Å². The van der Waals surface area contributed by atoms with E-state index in [0.717, 1.165) is 43.0 Å². The molecular weight excluding hydrogens is 342 g/mol. The van der Waals surface area contributed by atoms with E-state index in [1.165, 1.54) is 25.7 Å². The highest BCUT2D eigenvalue weighted by atomic mass is 16.5. The number of methoxy groups -OCH3 is 1. The lowest BCUT2D eigenvalue weighted by atomic mass is 9.82. The Morgan fingerprint density at radius 1 is 1.22 bits per heavy atom. The first kappa shape index (κ1) is 19.8. The molecule has 1 aromatic rings. The van der Waals surface area contributed by atoms with Crippen molar-refractivity contribution in [2.45, 2.75) is 39.2 Å². The number of aliphatic hydroxyl groups excluding tert-OH is 1. The minimum Gasteiger partial charge on any atom is -0.493 e. The molecule has 2 N–H and O–H groups in total. The molecule has 1 aliphatic carbocycles. The van der Waals surface area contributed by atoms with Gasteiger partial charge in [-0.3, -0.25) is 0 Å². The molecule has 0 aromatic heterocycles. The average molecular weight is 376 g/mol. The SMILES string of the molecule is CCNC(=NCc1ccc(OCCO)c(OC)c1)N1CC2CCCCC2C1. The molecule has 0 bridgehead atoms. The Labute approximate surface area is 162 Å². The highest BCUT2D eigenvalue weighted by Gasteiger charge is 2.35. The van der Waals surface area contributed by atoms with Gasteiger partial charge in [0.15, 0.2) is 17.5 Å². The normalized spacial score (nSPS) is 22.5. The van der Waals surface area contributed by atoms with E-state index < -0.39 is 0 Å². The van der Waals surface area contributed by atoms with Crippen LogP contribution in [0.15, 0.2) is 23.2 Å². The van der Waals surface area contributed by atoms with E-state index in [1.807, 2.05) is 18.2 Å². The van der Waals surface area contributed by atoms with Crippen LogP contribution in [0.25, 0.3) is 0 Å². The standard InChI is InChI=1S/C21H33N3O3/c1-3-22-21(24-14-17-6-4-5-7-18(17)15-24)23-13-16-8-9-19(27-11-10-25)20(12-16)26-2/h8-9,12,17-18,25H,3-7,10-11,13-15H2,1-2H3,(H,22,23). The molecule has 6 heteroatoms. The van der Waals surface area contributed by atoms with E-state index >= 15 is 0 Å². The van der Waals surface area contributed by atoms with E-state index in [4.69, 9.17) is 19.6 Å². The van der Waals surface area contributed by atoms with E-state index in [1.54, 1.807) is 7.11 Å². The molecule has 2 atom stereocenters. The molecule has 6 nitrogen and oxygen atoms in total. The first-order valence-electron chi connectivity index (χ1n) is 10.2. The van der Waals surface area contributed by atoms with Crippen molar-refractivity contribution in [2.24, 2.45) is 16.8 Å². The summed E-state index contributed by atoms with van der Waals surface area (Å²) >= 11 is 0. The largest absolute Gasteiger partial charge is 0.493 e. The van der Waals surface area contributed by atoms with Gasteiger partial charge in [0.05, 0.1) is 20.3 Å². The van der Waals surface area contributed by atoms with E-state index in [9.17, 15) is 0 Å². The highest BCUT2D eigenvalue weighted by Crippen LogP contribution is 2.36. The quantitative estimate of drug-likeness (QED) is 0.567. The van der Waals surface area contributed by atoms with Gasteiger partial charge in [0, 0.05) is 19.6 Å². The van der Waals surface area contributed by atoms with Crippen LogP contribution in [0.2, 0.25) is 0 Å². The number of likely N-dealkylation sites (tertiary alicyclic amines) is 1. The van der Waals surface area contributed by atoms with Crippen LogP contribution in [0, 0.1) is 11.8 Å². The van der Waals surface area contributed by atoms with Crippen LogP contribution in [-0.4, -0.2) is 55.9 Å². The third kappa shape index (κ3) is 5.06. The number of benzene rings is 1. The molecule has 1 aliphatic heterocycles. The minimum absolute atomic E-state index is 0.0148. The van der Waals surface area contributed by atoms with Crippen LogP contribution < -0.4 is 14.8 Å². The van der Waals surface area contributed by atoms with Crippen LogP contribution in [0.5, 0.6) is 11.5 Å². The van der Waals surface area contributed by atoms with Gasteiger partial charge in [0.1, 0.15) is 6.61 Å². The summed E-state index contributed by atoms with van der Waals surface area (Å²) in [6.07, 6.45) is 5.50. The van der Waals surface area contributed by atoms with Gasteiger partial charge in [-0.2, -0.15) is 0 Å². The number of guanidine groups is 1. The monoisotopic (exact) mass is 375 g/mol. The fourth-order valence-corrected chi connectivity index (χ4v) is 4.26. The molecule has 1 heterocycles. The molecule has 0 amide bonds. The maximum absolute atomic E-state index is 8.93. The summed E-state index contributed by atoms with van der Waals surface area (Å²) in [5.74, 6) is 4.02. The summed E-state index contributed by atoms with van der Waals surface area (Å²) < 4.78 is 10.9. The first-order chi connectivity index (χ1) is 13.2. The van der Waals surface area contributed by atoms with Crippen molar-refractivity contribution >= 4 is 5.96 Å². The average Bonchev–Trinajstić information content (AvgIpc) is 3.13. The summed E-state index contributed by atoms with van der Waals surface area (Å²) in [5, 5.41) is 12.4. The fourth-order valence-electron chi connectivity index (χ4n) is 4.26. The predicted molar refractivity (Wildman–Crippen MR) is 107 cm³/mol. The number of aliphatic hydroxyl groups is 1. The number of hydrogen-bond donors (Lipinski definition) is 2. The molecule has 3 rings (SSSR count). The van der Waals surface area contributed by atoms with Gasteiger partial charge in [-0.15, -0.1) is 0 Å². The number of ether oxygens (including phenoxy) is 2. The van der Waals surface area contributed by atoms with Gasteiger partial charge in [0.2, 0.25) is 0 Å². The zero-order valence-corrected chi connectivity index (χ0v) is 16.6. The van der Waals surface area contributed by atoms with Gasteiger partial charge in [-0.05, 0) is 49.3 Å². The van der Waals surface area contributed by atoms with Crippen molar-refractivity contribution in [1.82, 2.24) is 10.2 Å². The van der Waals surface area contributed by atoms with Crippen LogP contribution in [0.4, 0.5) is 0 Å². The molecule has 0 radical (unpaired) electrons. The molecule has 1 saturated heterocycles. The van der Waals surface area contributed by atoms with Crippen molar-refractivity contribution in [3.63, 3.8) is 0 Å². The molecule has 2 fully saturated rings. The molecule has 0 spiro atoms. The number of nitrogens with one attached hydrogen (secondary N) is 1. The number of nitrogens with zero attached hydrogens (tertiary/aromatic N) is 2. The van der Waals surface area contributed by atoms with Crippen LogP contribution >= 0.6 is 0 Å². The summed E-state index contributed by atoms with van der Waals surface area (Å²) in [4.78, 5) is 7.33. The Balaban J connectivity index is 1.67. The lowest BCUT2D eigenvalue weighted by molar-refractivity contribution is 0.196. The van der Waals surface area contributed by atoms with Gasteiger partial charge >= 0.3 is 0 Å². The van der Waals surface area contributed by atoms with Crippen molar-refractivity contribution in [2.75, 3.05) is 40.0 Å². The van der Waals surface area contributed by atoms with Crippen molar-refractivity contribution < 1.29 is 14.6 Å². The van der Waals surface area contributed by atoms with Gasteiger partial charge in [-0.25, -0.2) is 4.99 Å². The molecule has 150 valence electrons.